The molecule has 2 bridgehead atoms. The molecule has 2 atom stereocenters. The Bertz CT molecular complexity index is 417. The first-order chi connectivity index (χ1) is 10.2. The SMILES string of the molecule is CN(C)C(=O)N1C2CCC1CC(CNC(=O)OC(C)(C)C)C2. The van der Waals surface area contributed by atoms with Crippen LogP contribution in [0.2, 0.25) is 0 Å². The maximum atomic E-state index is 12.3. The van der Waals surface area contributed by atoms with Crippen molar-refractivity contribution in [2.24, 2.45) is 5.92 Å². The second kappa shape index (κ2) is 6.34. The van der Waals surface area contributed by atoms with Gasteiger partial charge >= 0.3 is 12.1 Å². The third kappa shape index (κ3) is 4.05. The number of carbonyl (C=O) groups is 2. The second-order valence-electron chi connectivity index (χ2n) is 7.69. The first-order valence-corrected chi connectivity index (χ1v) is 8.14. The minimum atomic E-state index is -0.468. The van der Waals surface area contributed by atoms with E-state index in [-0.39, 0.29) is 12.1 Å². The molecule has 2 aliphatic heterocycles. The van der Waals surface area contributed by atoms with E-state index >= 15 is 0 Å². The maximum absolute atomic E-state index is 12.3. The lowest BCUT2D eigenvalue weighted by Gasteiger charge is -2.40. The van der Waals surface area contributed by atoms with E-state index in [4.69, 9.17) is 4.74 Å². The number of nitrogens with one attached hydrogen (secondary N) is 1. The molecule has 0 aromatic heterocycles. The quantitative estimate of drug-likeness (QED) is 0.852. The van der Waals surface area contributed by atoms with Gasteiger partial charge in [0.05, 0.1) is 0 Å². The van der Waals surface area contributed by atoms with Gasteiger partial charge in [0.2, 0.25) is 0 Å². The van der Waals surface area contributed by atoms with Gasteiger partial charge in [0.15, 0.2) is 0 Å². The summed E-state index contributed by atoms with van der Waals surface area (Å²) in [5.41, 5.74) is -0.468. The topological polar surface area (TPSA) is 61.9 Å². The predicted octanol–water partition coefficient (Wildman–Crippen LogP) is 2.44. The molecule has 0 saturated carbocycles. The number of nitrogens with zero attached hydrogens (tertiary/aromatic N) is 2. The van der Waals surface area contributed by atoms with Gasteiger partial charge in [-0.25, -0.2) is 9.59 Å². The zero-order valence-corrected chi connectivity index (χ0v) is 14.4. The van der Waals surface area contributed by atoms with Crippen LogP contribution in [0.5, 0.6) is 0 Å². The molecule has 0 aromatic rings. The van der Waals surface area contributed by atoms with E-state index in [1.54, 1.807) is 19.0 Å². The van der Waals surface area contributed by atoms with Crippen molar-refractivity contribution in [2.75, 3.05) is 20.6 Å². The number of alkyl carbamates (subject to hydrolysis) is 1. The van der Waals surface area contributed by atoms with Crippen LogP contribution in [0.15, 0.2) is 0 Å². The fourth-order valence-electron chi connectivity index (χ4n) is 3.54. The number of ether oxygens (including phenoxy) is 1. The highest BCUT2D eigenvalue weighted by Gasteiger charge is 2.43. The van der Waals surface area contributed by atoms with E-state index in [0.29, 0.717) is 24.5 Å². The number of piperidine rings is 1. The van der Waals surface area contributed by atoms with Gasteiger partial charge in [-0.3, -0.25) is 0 Å². The summed E-state index contributed by atoms with van der Waals surface area (Å²) >= 11 is 0. The molecule has 1 N–H and O–H groups in total. The Labute approximate surface area is 133 Å². The number of hydrogen-bond acceptors (Lipinski definition) is 3. The summed E-state index contributed by atoms with van der Waals surface area (Å²) in [7, 11) is 3.61. The van der Waals surface area contributed by atoms with Crippen molar-refractivity contribution >= 4 is 12.1 Å². The molecule has 0 spiro atoms. The molecule has 0 aliphatic carbocycles. The molecule has 2 fully saturated rings. The van der Waals surface area contributed by atoms with Gasteiger partial charge in [0, 0.05) is 32.7 Å². The monoisotopic (exact) mass is 311 g/mol. The summed E-state index contributed by atoms with van der Waals surface area (Å²) in [4.78, 5) is 27.7. The van der Waals surface area contributed by atoms with E-state index in [2.05, 4.69) is 5.32 Å². The molecular weight excluding hydrogens is 282 g/mol. The average molecular weight is 311 g/mol. The first-order valence-electron chi connectivity index (χ1n) is 8.14. The van der Waals surface area contributed by atoms with Crippen LogP contribution in [0.25, 0.3) is 0 Å². The average Bonchev–Trinajstić information content (AvgIpc) is 2.64. The van der Waals surface area contributed by atoms with Crippen LogP contribution in [-0.2, 0) is 4.74 Å². The number of hydrogen-bond donors (Lipinski definition) is 1. The molecule has 6 nitrogen and oxygen atoms in total. The number of urea groups is 1. The van der Waals surface area contributed by atoms with Crippen molar-refractivity contribution in [1.29, 1.82) is 0 Å². The third-order valence-electron chi connectivity index (χ3n) is 4.37. The highest BCUT2D eigenvalue weighted by molar-refractivity contribution is 5.75. The van der Waals surface area contributed by atoms with Gasteiger partial charge in [0.25, 0.3) is 0 Å². The van der Waals surface area contributed by atoms with Crippen LogP contribution < -0.4 is 5.32 Å². The molecule has 3 amide bonds. The van der Waals surface area contributed by atoms with Gasteiger partial charge in [-0.1, -0.05) is 0 Å². The third-order valence-corrected chi connectivity index (χ3v) is 4.37. The highest BCUT2D eigenvalue weighted by Crippen LogP contribution is 2.38. The Hall–Kier alpha value is -1.46. The Kier molecular flexibility index (Phi) is 4.87. The molecule has 2 saturated heterocycles. The molecule has 2 heterocycles. The van der Waals surface area contributed by atoms with Crippen molar-refractivity contribution in [3.63, 3.8) is 0 Å². The molecular formula is C16H29N3O3. The summed E-state index contributed by atoms with van der Waals surface area (Å²) < 4.78 is 5.27. The Morgan fingerprint density at radius 3 is 2.18 bits per heavy atom. The summed E-state index contributed by atoms with van der Waals surface area (Å²) in [6, 6.07) is 0.754. The molecule has 6 heteroatoms. The summed E-state index contributed by atoms with van der Waals surface area (Å²) in [6.45, 7) is 6.21. The predicted molar refractivity (Wildman–Crippen MR) is 84.7 cm³/mol. The van der Waals surface area contributed by atoms with Gasteiger partial charge in [0.1, 0.15) is 5.60 Å². The lowest BCUT2D eigenvalue weighted by Crippen LogP contribution is -2.51. The minimum Gasteiger partial charge on any atom is -0.444 e. The van der Waals surface area contributed by atoms with Crippen molar-refractivity contribution < 1.29 is 14.3 Å². The summed E-state index contributed by atoms with van der Waals surface area (Å²) in [5.74, 6) is 0.427. The van der Waals surface area contributed by atoms with Gasteiger partial charge in [-0.05, 0) is 52.4 Å². The normalized spacial score (nSPS) is 27.5. The van der Waals surface area contributed by atoms with Crippen LogP contribution in [-0.4, -0.2) is 60.2 Å². The van der Waals surface area contributed by atoms with Crippen LogP contribution in [0.1, 0.15) is 46.5 Å². The number of amides is 3. The molecule has 2 aliphatic rings. The number of rotatable bonds is 2. The maximum Gasteiger partial charge on any atom is 0.407 e. The fraction of sp³-hybridized carbons (Fsp3) is 0.875. The van der Waals surface area contributed by atoms with E-state index in [1.165, 1.54) is 0 Å². The lowest BCUT2D eigenvalue weighted by atomic mass is 9.91. The summed E-state index contributed by atoms with van der Waals surface area (Å²) in [6.07, 6.45) is 3.73. The standard InChI is InChI=1S/C16H29N3O3/c1-16(2,3)22-14(20)17-10-11-8-12-6-7-13(9-11)19(12)15(21)18(4)5/h11-13H,6-10H2,1-5H3,(H,17,20). The first kappa shape index (κ1) is 16.9. The van der Waals surface area contributed by atoms with Crippen LogP contribution in [0.4, 0.5) is 9.59 Å². The highest BCUT2D eigenvalue weighted by atomic mass is 16.6. The largest absolute Gasteiger partial charge is 0.444 e. The zero-order chi connectivity index (χ0) is 16.5. The van der Waals surface area contributed by atoms with Crippen molar-refractivity contribution in [3.8, 4) is 0 Å². The van der Waals surface area contributed by atoms with E-state index in [1.807, 2.05) is 25.7 Å². The Balaban J connectivity index is 1.84. The molecule has 2 rings (SSSR count). The molecule has 22 heavy (non-hydrogen) atoms. The van der Waals surface area contributed by atoms with Crippen molar-refractivity contribution in [2.45, 2.75) is 64.1 Å². The van der Waals surface area contributed by atoms with Crippen LogP contribution in [0, 0.1) is 5.92 Å². The summed E-state index contributed by atoms with van der Waals surface area (Å²) in [5, 5.41) is 2.87. The minimum absolute atomic E-state index is 0.117. The van der Waals surface area contributed by atoms with E-state index in [0.717, 1.165) is 25.7 Å². The number of fused-ring (bicyclic) bond motifs is 2. The molecule has 126 valence electrons. The van der Waals surface area contributed by atoms with Gasteiger partial charge in [-0.2, -0.15) is 0 Å². The van der Waals surface area contributed by atoms with Crippen molar-refractivity contribution in [3.05, 3.63) is 0 Å². The molecule has 0 radical (unpaired) electrons. The Morgan fingerprint density at radius 1 is 1.18 bits per heavy atom. The molecule has 0 aromatic carbocycles. The Morgan fingerprint density at radius 2 is 1.73 bits per heavy atom. The van der Waals surface area contributed by atoms with Crippen LogP contribution in [0.3, 0.4) is 0 Å². The fourth-order valence-corrected chi connectivity index (χ4v) is 3.54. The van der Waals surface area contributed by atoms with Crippen molar-refractivity contribution in [1.82, 2.24) is 15.1 Å². The molecule has 2 unspecified atom stereocenters. The van der Waals surface area contributed by atoms with Gasteiger partial charge in [-0.15, -0.1) is 0 Å². The van der Waals surface area contributed by atoms with E-state index < -0.39 is 5.60 Å². The number of carbonyl (C=O) groups excluding carboxylic acids is 2. The van der Waals surface area contributed by atoms with Gasteiger partial charge < -0.3 is 19.9 Å². The van der Waals surface area contributed by atoms with Crippen LogP contribution >= 0.6 is 0 Å². The lowest BCUT2D eigenvalue weighted by molar-refractivity contribution is 0.0496. The van der Waals surface area contributed by atoms with E-state index in [9.17, 15) is 9.59 Å². The zero-order valence-electron chi connectivity index (χ0n) is 14.4. The second-order valence-corrected chi connectivity index (χ2v) is 7.69. The smallest absolute Gasteiger partial charge is 0.407 e.